The van der Waals surface area contributed by atoms with Crippen LogP contribution in [0.2, 0.25) is 5.32 Å². The van der Waals surface area contributed by atoms with Crippen LogP contribution in [-0.2, 0) is 0 Å². The van der Waals surface area contributed by atoms with Gasteiger partial charge < -0.3 is 0 Å². The number of rotatable bonds is 3. The molecule has 2 N–H and O–H groups in total. The Hall–Kier alpha value is -0.301. The van der Waals surface area contributed by atoms with Crippen LogP contribution < -0.4 is 10.2 Å². The molecule has 0 saturated heterocycles. The average molecular weight is 228 g/mol. The topological polar surface area (TPSA) is 26.0 Å². The van der Waals surface area contributed by atoms with Crippen molar-refractivity contribution in [1.82, 2.24) is 0 Å². The Balaban J connectivity index is 2.92. The minimum atomic E-state index is 0.176. The van der Waals surface area contributed by atoms with Gasteiger partial charge in [-0.1, -0.05) is 0 Å². The van der Waals surface area contributed by atoms with Crippen LogP contribution in [0.25, 0.3) is 0 Å². The third kappa shape index (κ3) is 2.34. The van der Waals surface area contributed by atoms with Gasteiger partial charge in [0.1, 0.15) is 0 Å². The molecule has 0 bridgehead atoms. The molecule has 0 fully saturated rings. The van der Waals surface area contributed by atoms with E-state index in [1.807, 2.05) is 6.92 Å². The predicted molar refractivity (Wildman–Crippen MR) is 54.9 cm³/mol. The summed E-state index contributed by atoms with van der Waals surface area (Å²) in [6.45, 7) is 4.27. The second-order valence-corrected chi connectivity index (χ2v) is 5.50. The monoisotopic (exact) mass is 229 g/mol. The van der Waals surface area contributed by atoms with Crippen LogP contribution in [-0.4, -0.2) is 15.0 Å². The predicted octanol–water partition coefficient (Wildman–Crippen LogP) is 1.47. The van der Waals surface area contributed by atoms with E-state index in [0.29, 0.717) is 15.0 Å². The molecule has 0 amide bonds. The zero-order valence-corrected chi connectivity index (χ0v) is 9.29. The van der Waals surface area contributed by atoms with Gasteiger partial charge in [0.05, 0.1) is 0 Å². The van der Waals surface area contributed by atoms with Crippen LogP contribution in [0.5, 0.6) is 0 Å². The van der Waals surface area contributed by atoms with E-state index in [1.165, 1.54) is 15.3 Å². The number of hydrogen-bond donors (Lipinski definition) is 1. The Morgan fingerprint density at radius 1 is 1.42 bits per heavy atom. The molecule has 0 saturated carbocycles. The molecule has 0 aliphatic carbocycles. The van der Waals surface area contributed by atoms with Gasteiger partial charge in [0.25, 0.3) is 0 Å². The van der Waals surface area contributed by atoms with E-state index < -0.39 is 0 Å². The minimum absolute atomic E-state index is 0.176. The molecule has 1 rings (SSSR count). The quantitative estimate of drug-likeness (QED) is 0.779. The van der Waals surface area contributed by atoms with Crippen LogP contribution >= 0.6 is 0 Å². The molecule has 66 valence electrons. The van der Waals surface area contributed by atoms with Gasteiger partial charge in [-0.25, -0.2) is 0 Å². The van der Waals surface area contributed by atoms with Crippen LogP contribution in [0.4, 0.5) is 0 Å². The normalized spacial score (nSPS) is 12.9. The van der Waals surface area contributed by atoms with Gasteiger partial charge >= 0.3 is 80.2 Å². The van der Waals surface area contributed by atoms with Crippen molar-refractivity contribution in [3.8, 4) is 0 Å². The summed E-state index contributed by atoms with van der Waals surface area (Å²) < 4.78 is 1.46. The number of nitrogens with two attached hydrogens (primary N) is 1. The van der Waals surface area contributed by atoms with E-state index in [0.717, 1.165) is 0 Å². The van der Waals surface area contributed by atoms with Crippen molar-refractivity contribution in [3.63, 3.8) is 0 Å². The number of benzene rings is 1. The Kier molecular flexibility index (Phi) is 3.80. The Morgan fingerprint density at radius 3 is 2.67 bits per heavy atom. The van der Waals surface area contributed by atoms with Crippen LogP contribution in [0, 0.1) is 0 Å². The molecule has 1 aromatic rings. The molecule has 1 aromatic carbocycles. The van der Waals surface area contributed by atoms with Gasteiger partial charge in [-0.2, -0.15) is 0 Å². The molecule has 0 spiro atoms. The van der Waals surface area contributed by atoms with Crippen molar-refractivity contribution in [3.05, 3.63) is 29.8 Å². The maximum atomic E-state index is 5.85. The summed E-state index contributed by atoms with van der Waals surface area (Å²) in [5, 5.41) is 1.25. The molecule has 0 aromatic heterocycles. The zero-order valence-electron chi connectivity index (χ0n) is 7.58. The van der Waals surface area contributed by atoms with Crippen molar-refractivity contribution < 1.29 is 0 Å². The van der Waals surface area contributed by atoms with Crippen molar-refractivity contribution >= 4 is 19.4 Å². The first-order valence-corrected chi connectivity index (χ1v) is 6.29. The zero-order chi connectivity index (χ0) is 8.97. The van der Waals surface area contributed by atoms with Crippen molar-refractivity contribution in [2.24, 2.45) is 5.73 Å². The first-order chi connectivity index (χ1) is 5.75. The summed E-state index contributed by atoms with van der Waals surface area (Å²) in [4.78, 5) is 0. The first kappa shape index (κ1) is 9.78. The SMILES string of the molecule is CC[Se]c1ccccc1[C@H](C)N. The first-order valence-electron chi connectivity index (χ1n) is 4.23. The van der Waals surface area contributed by atoms with Crippen molar-refractivity contribution in [2.75, 3.05) is 0 Å². The van der Waals surface area contributed by atoms with E-state index in [9.17, 15) is 0 Å². The Morgan fingerprint density at radius 2 is 2.08 bits per heavy atom. The van der Waals surface area contributed by atoms with Gasteiger partial charge in [0.15, 0.2) is 0 Å². The molecule has 0 heterocycles. The Labute approximate surface area is 80.5 Å². The van der Waals surface area contributed by atoms with E-state index in [4.69, 9.17) is 5.73 Å². The number of hydrogen-bond acceptors (Lipinski definition) is 1. The molecular weight excluding hydrogens is 213 g/mol. The summed E-state index contributed by atoms with van der Waals surface area (Å²) in [5.74, 6) is 0. The van der Waals surface area contributed by atoms with Gasteiger partial charge in [-0.15, -0.1) is 0 Å². The summed E-state index contributed by atoms with van der Waals surface area (Å²) in [7, 11) is 0. The fraction of sp³-hybridized carbons (Fsp3) is 0.400. The third-order valence-electron chi connectivity index (χ3n) is 1.71. The van der Waals surface area contributed by atoms with E-state index in [2.05, 4.69) is 31.2 Å². The summed E-state index contributed by atoms with van der Waals surface area (Å²) in [5.41, 5.74) is 7.17. The maximum absolute atomic E-state index is 5.85. The van der Waals surface area contributed by atoms with Gasteiger partial charge in [-0.05, 0) is 0 Å². The van der Waals surface area contributed by atoms with Gasteiger partial charge in [0, 0.05) is 0 Å². The van der Waals surface area contributed by atoms with Crippen molar-refractivity contribution in [1.29, 1.82) is 0 Å². The fourth-order valence-corrected chi connectivity index (χ4v) is 3.05. The summed E-state index contributed by atoms with van der Waals surface area (Å²) in [6, 6.07) is 8.67. The molecule has 0 unspecified atom stereocenters. The summed E-state index contributed by atoms with van der Waals surface area (Å²) >= 11 is 0.601. The third-order valence-corrected chi connectivity index (χ3v) is 3.75. The van der Waals surface area contributed by atoms with Gasteiger partial charge in [-0.3, -0.25) is 0 Å². The van der Waals surface area contributed by atoms with Crippen molar-refractivity contribution in [2.45, 2.75) is 25.2 Å². The molecule has 0 aliphatic heterocycles. The van der Waals surface area contributed by atoms with E-state index in [1.54, 1.807) is 0 Å². The Bertz CT molecular complexity index is 245. The summed E-state index contributed by atoms with van der Waals surface area (Å²) in [6.07, 6.45) is 0. The average Bonchev–Trinajstić information content (AvgIpc) is 2.05. The molecule has 12 heavy (non-hydrogen) atoms. The second kappa shape index (κ2) is 4.66. The molecule has 0 radical (unpaired) electrons. The molecular formula is C10H15NSe. The second-order valence-electron chi connectivity index (χ2n) is 2.76. The molecule has 1 nitrogen and oxygen atoms in total. The molecule has 2 heteroatoms. The van der Waals surface area contributed by atoms with E-state index >= 15 is 0 Å². The van der Waals surface area contributed by atoms with E-state index in [-0.39, 0.29) is 6.04 Å². The molecule has 1 atom stereocenters. The molecule has 0 aliphatic rings. The standard InChI is InChI=1S/C10H15NSe/c1-3-12-10-7-5-4-6-9(10)8(2)11/h4-8H,3,11H2,1-2H3/t8-/m0/s1. The van der Waals surface area contributed by atoms with Gasteiger partial charge in [0.2, 0.25) is 0 Å². The fourth-order valence-electron chi connectivity index (χ4n) is 1.14. The van der Waals surface area contributed by atoms with Crippen LogP contribution in [0.3, 0.4) is 0 Å². The van der Waals surface area contributed by atoms with Crippen LogP contribution in [0.15, 0.2) is 24.3 Å². The van der Waals surface area contributed by atoms with Crippen LogP contribution in [0.1, 0.15) is 25.5 Å².